The summed E-state index contributed by atoms with van der Waals surface area (Å²) in [4.78, 5) is 24.5. The molecule has 0 spiro atoms. The quantitative estimate of drug-likeness (QED) is 0.622. The van der Waals surface area contributed by atoms with Crippen molar-refractivity contribution in [3.63, 3.8) is 0 Å². The average Bonchev–Trinajstić information content (AvgIpc) is 2.70. The summed E-state index contributed by atoms with van der Waals surface area (Å²) in [6.07, 6.45) is 0. The third-order valence-electron chi connectivity index (χ3n) is 4.16. The number of hydrogen-bond donors (Lipinski definition) is 1. The molecule has 29 heavy (non-hydrogen) atoms. The minimum atomic E-state index is -0.606. The predicted octanol–water partition coefficient (Wildman–Crippen LogP) is 4.65. The van der Waals surface area contributed by atoms with Crippen LogP contribution in [0.1, 0.15) is 49.5 Å². The van der Waals surface area contributed by atoms with E-state index < -0.39 is 11.9 Å². The lowest BCUT2D eigenvalue weighted by atomic mass is 10.0. The molecule has 0 aromatic heterocycles. The first-order chi connectivity index (χ1) is 13.8. The van der Waals surface area contributed by atoms with Gasteiger partial charge in [0.15, 0.2) is 18.1 Å². The highest BCUT2D eigenvalue weighted by Gasteiger charge is 2.15. The van der Waals surface area contributed by atoms with Crippen LogP contribution in [0.4, 0.5) is 5.69 Å². The van der Waals surface area contributed by atoms with Crippen LogP contribution in [0, 0.1) is 5.92 Å². The minimum absolute atomic E-state index is 0.262. The molecule has 0 heterocycles. The normalized spacial score (nSPS) is 10.7. The zero-order valence-corrected chi connectivity index (χ0v) is 17.7. The van der Waals surface area contributed by atoms with Gasteiger partial charge in [0, 0.05) is 5.69 Å². The summed E-state index contributed by atoms with van der Waals surface area (Å²) in [5.74, 6) is 0.624. The molecule has 0 bridgehead atoms. The van der Waals surface area contributed by atoms with Crippen LogP contribution in [0.2, 0.25) is 0 Å². The van der Waals surface area contributed by atoms with E-state index in [4.69, 9.17) is 14.2 Å². The van der Waals surface area contributed by atoms with E-state index in [9.17, 15) is 9.59 Å². The predicted molar refractivity (Wildman–Crippen MR) is 113 cm³/mol. The smallest absolute Gasteiger partial charge is 0.338 e. The molecule has 2 aromatic rings. The van der Waals surface area contributed by atoms with E-state index >= 15 is 0 Å². The Labute approximate surface area is 172 Å². The third-order valence-corrected chi connectivity index (χ3v) is 4.16. The van der Waals surface area contributed by atoms with Gasteiger partial charge in [-0.15, -0.1) is 0 Å². The van der Waals surface area contributed by atoms with Gasteiger partial charge in [0.05, 0.1) is 19.3 Å². The first-order valence-electron chi connectivity index (χ1n) is 9.68. The van der Waals surface area contributed by atoms with Crippen LogP contribution in [-0.2, 0) is 9.53 Å². The summed E-state index contributed by atoms with van der Waals surface area (Å²) < 4.78 is 16.1. The Morgan fingerprint density at radius 1 is 1.00 bits per heavy atom. The number of hydrogen-bond acceptors (Lipinski definition) is 5. The van der Waals surface area contributed by atoms with Gasteiger partial charge in [-0.25, -0.2) is 4.79 Å². The molecule has 2 aromatic carbocycles. The topological polar surface area (TPSA) is 73.9 Å². The van der Waals surface area contributed by atoms with E-state index in [0.717, 1.165) is 11.3 Å². The Morgan fingerprint density at radius 3 is 2.38 bits per heavy atom. The van der Waals surface area contributed by atoms with E-state index in [1.54, 1.807) is 18.2 Å². The molecule has 0 radical (unpaired) electrons. The minimum Gasteiger partial charge on any atom is -0.493 e. The van der Waals surface area contributed by atoms with Crippen molar-refractivity contribution < 1.29 is 23.8 Å². The second-order valence-corrected chi connectivity index (χ2v) is 7.44. The van der Waals surface area contributed by atoms with Gasteiger partial charge in [0.1, 0.15) is 0 Å². The number of rotatable bonds is 9. The molecule has 0 unspecified atom stereocenters. The van der Waals surface area contributed by atoms with Crippen molar-refractivity contribution in [1.82, 2.24) is 0 Å². The largest absolute Gasteiger partial charge is 0.493 e. The van der Waals surface area contributed by atoms with Crippen LogP contribution in [0.25, 0.3) is 0 Å². The molecular formula is C23H29NO5. The number of para-hydroxylation sites is 1. The van der Waals surface area contributed by atoms with Gasteiger partial charge >= 0.3 is 5.97 Å². The summed E-state index contributed by atoms with van der Waals surface area (Å²) in [6, 6.07) is 12.4. The number of ether oxygens (including phenoxy) is 3. The first kappa shape index (κ1) is 22.3. The lowest BCUT2D eigenvalue weighted by molar-refractivity contribution is -0.119. The molecule has 156 valence electrons. The van der Waals surface area contributed by atoms with E-state index in [2.05, 4.69) is 5.32 Å². The highest BCUT2D eigenvalue weighted by Crippen LogP contribution is 2.29. The van der Waals surface area contributed by atoms with Crippen LogP contribution in [-0.4, -0.2) is 32.2 Å². The summed E-state index contributed by atoms with van der Waals surface area (Å²) in [7, 11) is 1.51. The molecule has 2 rings (SSSR count). The number of esters is 1. The number of benzene rings is 2. The van der Waals surface area contributed by atoms with Gasteiger partial charge in [-0.05, 0) is 41.7 Å². The maximum absolute atomic E-state index is 12.3. The summed E-state index contributed by atoms with van der Waals surface area (Å²) >= 11 is 0. The number of carbonyl (C=O) groups is 2. The van der Waals surface area contributed by atoms with Crippen molar-refractivity contribution in [2.75, 3.05) is 25.6 Å². The van der Waals surface area contributed by atoms with Crippen molar-refractivity contribution >= 4 is 17.6 Å². The van der Waals surface area contributed by atoms with Crippen molar-refractivity contribution in [3.05, 3.63) is 53.6 Å². The molecule has 0 atom stereocenters. The fourth-order valence-electron chi connectivity index (χ4n) is 2.69. The fraction of sp³-hybridized carbons (Fsp3) is 0.391. The average molecular weight is 399 g/mol. The van der Waals surface area contributed by atoms with Crippen LogP contribution < -0.4 is 14.8 Å². The van der Waals surface area contributed by atoms with Crippen LogP contribution in [0.5, 0.6) is 11.5 Å². The molecule has 6 nitrogen and oxygen atoms in total. The molecule has 0 aliphatic heterocycles. The molecule has 6 heteroatoms. The highest BCUT2D eigenvalue weighted by atomic mass is 16.5. The van der Waals surface area contributed by atoms with Gasteiger partial charge in [0.25, 0.3) is 5.91 Å². The Bertz CT molecular complexity index is 845. The van der Waals surface area contributed by atoms with Gasteiger partial charge in [-0.2, -0.15) is 0 Å². The van der Waals surface area contributed by atoms with Gasteiger partial charge in [0.2, 0.25) is 0 Å². The Balaban J connectivity index is 1.97. The highest BCUT2D eigenvalue weighted by molar-refractivity contribution is 5.96. The summed E-state index contributed by atoms with van der Waals surface area (Å²) in [5, 5.41) is 2.80. The van der Waals surface area contributed by atoms with Crippen LogP contribution in [0.3, 0.4) is 0 Å². The monoisotopic (exact) mass is 399 g/mol. The Kier molecular flexibility index (Phi) is 8.07. The van der Waals surface area contributed by atoms with E-state index in [1.165, 1.54) is 7.11 Å². The summed E-state index contributed by atoms with van der Waals surface area (Å²) in [6.45, 7) is 8.35. The molecule has 1 N–H and O–H groups in total. The molecule has 0 saturated carbocycles. The maximum atomic E-state index is 12.3. The lowest BCUT2D eigenvalue weighted by Crippen LogP contribution is -2.21. The van der Waals surface area contributed by atoms with E-state index in [1.807, 2.05) is 52.0 Å². The van der Waals surface area contributed by atoms with Crippen LogP contribution in [0.15, 0.2) is 42.5 Å². The second-order valence-electron chi connectivity index (χ2n) is 7.44. The number of methoxy groups -OCH3 is 1. The molecule has 1 amide bonds. The number of carbonyl (C=O) groups excluding carboxylic acids is 2. The second kappa shape index (κ2) is 10.5. The molecule has 0 aliphatic rings. The number of nitrogens with one attached hydrogen (secondary N) is 1. The van der Waals surface area contributed by atoms with Crippen LogP contribution >= 0.6 is 0 Å². The SMILES string of the molecule is COc1cc(C(=O)OCC(=O)Nc2ccccc2C(C)C)ccc1OCC(C)C. The fourth-order valence-corrected chi connectivity index (χ4v) is 2.69. The molecule has 0 saturated heterocycles. The van der Waals surface area contributed by atoms with Crippen molar-refractivity contribution in [2.24, 2.45) is 5.92 Å². The van der Waals surface area contributed by atoms with Crippen molar-refractivity contribution in [2.45, 2.75) is 33.6 Å². The number of anilines is 1. The molecule has 0 aliphatic carbocycles. The van der Waals surface area contributed by atoms with Crippen molar-refractivity contribution in [1.29, 1.82) is 0 Å². The zero-order valence-electron chi connectivity index (χ0n) is 17.7. The third kappa shape index (κ3) is 6.52. The zero-order chi connectivity index (χ0) is 21.4. The number of amides is 1. The maximum Gasteiger partial charge on any atom is 0.338 e. The molecular weight excluding hydrogens is 370 g/mol. The Morgan fingerprint density at radius 2 is 1.72 bits per heavy atom. The lowest BCUT2D eigenvalue weighted by Gasteiger charge is -2.14. The standard InChI is InChI=1S/C23H29NO5/c1-15(2)13-28-20-11-10-17(12-21(20)27-5)23(26)29-14-22(25)24-19-9-7-6-8-18(19)16(3)4/h6-12,15-16H,13-14H2,1-5H3,(H,24,25). The summed E-state index contributed by atoms with van der Waals surface area (Å²) in [5.41, 5.74) is 2.03. The Hall–Kier alpha value is -3.02. The van der Waals surface area contributed by atoms with Gasteiger partial charge < -0.3 is 19.5 Å². The van der Waals surface area contributed by atoms with Crippen molar-refractivity contribution in [3.8, 4) is 11.5 Å². The van der Waals surface area contributed by atoms with E-state index in [0.29, 0.717) is 24.0 Å². The van der Waals surface area contributed by atoms with E-state index in [-0.39, 0.29) is 18.1 Å². The molecule has 0 fully saturated rings. The van der Waals surface area contributed by atoms with Gasteiger partial charge in [-0.3, -0.25) is 4.79 Å². The first-order valence-corrected chi connectivity index (χ1v) is 9.68. The van der Waals surface area contributed by atoms with Gasteiger partial charge in [-0.1, -0.05) is 45.9 Å².